The molecule has 0 bridgehead atoms. The average molecular weight is 416 g/mol. The maximum Gasteiger partial charge on any atom is 0.337 e. The Morgan fingerprint density at radius 1 is 1.38 bits per heavy atom. The third-order valence-corrected chi connectivity index (χ3v) is 7.97. The van der Waals surface area contributed by atoms with Gasteiger partial charge in [-0.3, -0.25) is 9.11 Å². The highest BCUT2D eigenvalue weighted by atomic mass is 79.9. The number of carboxylic acids is 1. The summed E-state index contributed by atoms with van der Waals surface area (Å²) in [6.45, 7) is 4.05. The number of H-pyrrole nitrogens is 1. The van der Waals surface area contributed by atoms with Gasteiger partial charge in [-0.25, -0.2) is 4.79 Å². The van der Waals surface area contributed by atoms with Crippen molar-refractivity contribution < 1.29 is 19.0 Å². The van der Waals surface area contributed by atoms with Gasteiger partial charge in [0.25, 0.3) is 0 Å². The highest BCUT2D eigenvalue weighted by Crippen LogP contribution is 2.56. The molecule has 2 atom stereocenters. The van der Waals surface area contributed by atoms with Crippen LogP contribution in [0.1, 0.15) is 48.5 Å². The lowest BCUT2D eigenvalue weighted by atomic mass is 9.88. The van der Waals surface area contributed by atoms with Crippen LogP contribution in [-0.4, -0.2) is 36.2 Å². The zero-order chi connectivity index (χ0) is 17.6. The van der Waals surface area contributed by atoms with Crippen LogP contribution in [0.25, 0.3) is 10.9 Å². The first-order valence-electron chi connectivity index (χ1n) is 7.99. The van der Waals surface area contributed by atoms with E-state index in [1.165, 1.54) is 0 Å². The SMILES string of the molecule is CC(C)C1CC(c2c[nH]c3c(C(=O)O)cc(Br)cc23)CCS1(O)O. The minimum Gasteiger partial charge on any atom is -0.478 e. The molecule has 4 N–H and O–H groups in total. The van der Waals surface area contributed by atoms with E-state index in [0.717, 1.165) is 15.4 Å². The van der Waals surface area contributed by atoms with E-state index in [9.17, 15) is 19.0 Å². The van der Waals surface area contributed by atoms with Gasteiger partial charge in [0, 0.05) is 21.8 Å². The number of hydrogen-bond donors (Lipinski definition) is 4. The van der Waals surface area contributed by atoms with Crippen molar-refractivity contribution in [2.24, 2.45) is 5.92 Å². The van der Waals surface area contributed by atoms with E-state index in [0.29, 0.717) is 24.1 Å². The quantitative estimate of drug-likeness (QED) is 0.548. The molecule has 24 heavy (non-hydrogen) atoms. The van der Waals surface area contributed by atoms with Gasteiger partial charge in [0.05, 0.1) is 16.3 Å². The standard InChI is InChI=1S/C17H22BrNO4S/c1-9(2)15-5-10(3-4-24(15,22)23)14-8-19-16-12(14)6-11(18)7-13(16)17(20)21/h6-10,15,19,22-23H,3-5H2,1-2H3,(H,20,21). The van der Waals surface area contributed by atoms with Crippen molar-refractivity contribution in [2.75, 3.05) is 5.75 Å². The molecule has 0 radical (unpaired) electrons. The first-order valence-corrected chi connectivity index (χ1v) is 10.6. The molecule has 132 valence electrons. The minimum atomic E-state index is -2.54. The second-order valence-electron chi connectivity index (χ2n) is 6.85. The van der Waals surface area contributed by atoms with Crippen molar-refractivity contribution in [3.63, 3.8) is 0 Å². The molecule has 2 aromatic rings. The van der Waals surface area contributed by atoms with Crippen LogP contribution in [0.4, 0.5) is 0 Å². The van der Waals surface area contributed by atoms with Gasteiger partial charge in [0.1, 0.15) is 0 Å². The summed E-state index contributed by atoms with van der Waals surface area (Å²) in [4.78, 5) is 14.6. The second-order valence-corrected chi connectivity index (χ2v) is 10.2. The van der Waals surface area contributed by atoms with Crippen molar-refractivity contribution in [3.8, 4) is 0 Å². The van der Waals surface area contributed by atoms with Gasteiger partial charge in [-0.1, -0.05) is 29.8 Å². The van der Waals surface area contributed by atoms with Gasteiger partial charge < -0.3 is 10.1 Å². The number of aromatic nitrogens is 1. The molecule has 0 amide bonds. The average Bonchev–Trinajstić information content (AvgIpc) is 2.89. The lowest BCUT2D eigenvalue weighted by Gasteiger charge is -2.48. The highest BCUT2D eigenvalue weighted by Gasteiger charge is 2.37. The predicted octanol–water partition coefficient (Wildman–Crippen LogP) is 5.28. The highest BCUT2D eigenvalue weighted by molar-refractivity contribution is 9.10. The number of nitrogens with one attached hydrogen (secondary N) is 1. The molecule has 1 aromatic heterocycles. The van der Waals surface area contributed by atoms with E-state index in [4.69, 9.17) is 0 Å². The molecule has 3 rings (SSSR count). The van der Waals surface area contributed by atoms with E-state index < -0.39 is 16.6 Å². The number of rotatable bonds is 3. The van der Waals surface area contributed by atoms with Crippen molar-refractivity contribution in [2.45, 2.75) is 37.9 Å². The first kappa shape index (κ1) is 17.8. The Hall–Kier alpha value is -1.02. The van der Waals surface area contributed by atoms with Gasteiger partial charge in [0.15, 0.2) is 0 Å². The zero-order valence-electron chi connectivity index (χ0n) is 13.6. The molecule has 1 aliphatic heterocycles. The number of hydrogen-bond acceptors (Lipinski definition) is 3. The zero-order valence-corrected chi connectivity index (χ0v) is 16.0. The predicted molar refractivity (Wildman–Crippen MR) is 101 cm³/mol. The van der Waals surface area contributed by atoms with Crippen LogP contribution in [0.15, 0.2) is 22.8 Å². The summed E-state index contributed by atoms with van der Waals surface area (Å²) >= 11 is 3.39. The Morgan fingerprint density at radius 3 is 2.71 bits per heavy atom. The summed E-state index contributed by atoms with van der Waals surface area (Å²) in [7, 11) is -2.54. The molecule has 2 heterocycles. The van der Waals surface area contributed by atoms with Gasteiger partial charge in [-0.05, 0) is 42.4 Å². The molecule has 2 unspecified atom stereocenters. The van der Waals surface area contributed by atoms with Crippen LogP contribution < -0.4 is 0 Å². The number of carboxylic acid groups (broad SMARTS) is 1. The summed E-state index contributed by atoms with van der Waals surface area (Å²) in [6.07, 6.45) is 3.29. The first-order chi connectivity index (χ1) is 11.2. The Kier molecular flexibility index (Phi) is 4.72. The number of carbonyl (C=O) groups is 1. The summed E-state index contributed by atoms with van der Waals surface area (Å²) in [6, 6.07) is 3.53. The second kappa shape index (κ2) is 6.37. The van der Waals surface area contributed by atoms with Gasteiger partial charge >= 0.3 is 5.97 Å². The van der Waals surface area contributed by atoms with E-state index in [1.807, 2.05) is 26.1 Å². The number of halogens is 1. The molecule has 7 heteroatoms. The van der Waals surface area contributed by atoms with Crippen molar-refractivity contribution >= 4 is 43.4 Å². The molecule has 0 spiro atoms. The number of fused-ring (bicyclic) bond motifs is 1. The van der Waals surface area contributed by atoms with Gasteiger partial charge in [0.2, 0.25) is 0 Å². The third kappa shape index (κ3) is 3.10. The Labute approximate surface area is 150 Å². The molecule has 1 fully saturated rings. The minimum absolute atomic E-state index is 0.118. The molecule has 0 aliphatic carbocycles. The Morgan fingerprint density at radius 2 is 2.08 bits per heavy atom. The Bertz CT molecular complexity index is 786. The van der Waals surface area contributed by atoms with E-state index in [1.54, 1.807) is 6.07 Å². The van der Waals surface area contributed by atoms with Crippen LogP contribution >= 0.6 is 26.5 Å². The fourth-order valence-electron chi connectivity index (χ4n) is 3.73. The summed E-state index contributed by atoms with van der Waals surface area (Å²) in [5.74, 6) is -0.161. The number of aromatic amines is 1. The summed E-state index contributed by atoms with van der Waals surface area (Å²) < 4.78 is 21.4. The van der Waals surface area contributed by atoms with Gasteiger partial charge in [-0.2, -0.15) is 10.6 Å². The van der Waals surface area contributed by atoms with Crippen LogP contribution in [0.3, 0.4) is 0 Å². The molecule has 5 nitrogen and oxygen atoms in total. The van der Waals surface area contributed by atoms with Crippen LogP contribution in [0, 0.1) is 5.92 Å². The summed E-state index contributed by atoms with van der Waals surface area (Å²) in [5.41, 5.74) is 1.93. The van der Waals surface area contributed by atoms with Crippen molar-refractivity contribution in [1.29, 1.82) is 0 Å². The molecule has 1 aliphatic rings. The van der Waals surface area contributed by atoms with Crippen LogP contribution in [0.5, 0.6) is 0 Å². The summed E-state index contributed by atoms with van der Waals surface area (Å²) in [5, 5.41) is 10.2. The monoisotopic (exact) mass is 415 g/mol. The molecule has 0 saturated carbocycles. The topological polar surface area (TPSA) is 93.6 Å². The normalized spacial score (nSPS) is 25.1. The fourth-order valence-corrected chi connectivity index (χ4v) is 6.54. The lowest BCUT2D eigenvalue weighted by molar-refractivity contribution is 0.0698. The van der Waals surface area contributed by atoms with E-state index in [-0.39, 0.29) is 22.6 Å². The molecule has 1 aromatic carbocycles. The lowest BCUT2D eigenvalue weighted by Crippen LogP contribution is -2.32. The Balaban J connectivity index is 2.03. The van der Waals surface area contributed by atoms with Crippen molar-refractivity contribution in [1.82, 2.24) is 4.98 Å². The van der Waals surface area contributed by atoms with Crippen molar-refractivity contribution in [3.05, 3.63) is 33.9 Å². The molecule has 1 saturated heterocycles. The number of aromatic carboxylic acids is 1. The largest absolute Gasteiger partial charge is 0.478 e. The van der Waals surface area contributed by atoms with Crippen LogP contribution in [0.2, 0.25) is 0 Å². The maximum absolute atomic E-state index is 11.5. The smallest absolute Gasteiger partial charge is 0.337 e. The fraction of sp³-hybridized carbons (Fsp3) is 0.471. The number of benzene rings is 1. The third-order valence-electron chi connectivity index (χ3n) is 4.97. The molecular weight excluding hydrogens is 394 g/mol. The maximum atomic E-state index is 11.5. The van der Waals surface area contributed by atoms with Gasteiger partial charge in [-0.15, -0.1) is 0 Å². The van der Waals surface area contributed by atoms with E-state index in [2.05, 4.69) is 20.9 Å². The van der Waals surface area contributed by atoms with E-state index >= 15 is 0 Å². The molecular formula is C17H22BrNO4S. The van der Waals surface area contributed by atoms with Crippen LogP contribution in [-0.2, 0) is 0 Å².